The van der Waals surface area contributed by atoms with Gasteiger partial charge in [-0.05, 0) is 38.4 Å². The van der Waals surface area contributed by atoms with Crippen molar-refractivity contribution in [2.45, 2.75) is 38.8 Å². The highest BCUT2D eigenvalue weighted by Gasteiger charge is 2.35. The zero-order valence-electron chi connectivity index (χ0n) is 15.5. The molecule has 1 aliphatic rings. The molecule has 0 bridgehead atoms. The highest BCUT2D eigenvalue weighted by Crippen LogP contribution is 2.19. The van der Waals surface area contributed by atoms with Crippen LogP contribution in [0.25, 0.3) is 0 Å². The summed E-state index contributed by atoms with van der Waals surface area (Å²) < 4.78 is 0. The zero-order valence-corrected chi connectivity index (χ0v) is 15.5. The van der Waals surface area contributed by atoms with Gasteiger partial charge >= 0.3 is 0 Å². The first-order valence-corrected chi connectivity index (χ1v) is 8.76. The highest BCUT2D eigenvalue weighted by molar-refractivity contribution is 5.97. The summed E-state index contributed by atoms with van der Waals surface area (Å²) in [5.74, 6) is -0.592. The standard InChI is InChI=1S/C19H29N3O3/c1-13(2)16(21-17(23)15-7-5-6-14(3)10-15)18(24)20-11-19(25)8-9-22(4)12-19/h5-7,10,13,16,25H,8-9,11-12H2,1-4H3,(H,20,24)(H,21,23). The molecule has 0 aliphatic carbocycles. The van der Waals surface area contributed by atoms with E-state index in [0.717, 1.165) is 12.1 Å². The lowest BCUT2D eigenvalue weighted by molar-refractivity contribution is -0.125. The lowest BCUT2D eigenvalue weighted by Crippen LogP contribution is -2.53. The van der Waals surface area contributed by atoms with Crippen molar-refractivity contribution in [1.29, 1.82) is 0 Å². The van der Waals surface area contributed by atoms with E-state index in [0.29, 0.717) is 18.5 Å². The molecule has 6 nitrogen and oxygen atoms in total. The molecule has 1 aromatic rings. The van der Waals surface area contributed by atoms with Gasteiger partial charge in [-0.1, -0.05) is 31.5 Å². The second-order valence-corrected chi connectivity index (χ2v) is 7.49. The summed E-state index contributed by atoms with van der Waals surface area (Å²) in [5, 5.41) is 16.1. The first-order valence-electron chi connectivity index (χ1n) is 8.76. The van der Waals surface area contributed by atoms with Crippen molar-refractivity contribution in [2.75, 3.05) is 26.7 Å². The van der Waals surface area contributed by atoms with Crippen molar-refractivity contribution >= 4 is 11.8 Å². The van der Waals surface area contributed by atoms with Gasteiger partial charge in [-0.25, -0.2) is 0 Å². The summed E-state index contributed by atoms with van der Waals surface area (Å²) >= 11 is 0. The zero-order chi connectivity index (χ0) is 18.6. The van der Waals surface area contributed by atoms with Gasteiger partial charge in [0.2, 0.25) is 5.91 Å². The van der Waals surface area contributed by atoms with Crippen LogP contribution in [0.3, 0.4) is 0 Å². The van der Waals surface area contributed by atoms with Crippen molar-refractivity contribution < 1.29 is 14.7 Å². The molecule has 3 N–H and O–H groups in total. The number of benzene rings is 1. The quantitative estimate of drug-likeness (QED) is 0.715. The van der Waals surface area contributed by atoms with Gasteiger partial charge in [-0.3, -0.25) is 9.59 Å². The Morgan fingerprint density at radius 2 is 2.08 bits per heavy atom. The smallest absolute Gasteiger partial charge is 0.251 e. The molecule has 0 radical (unpaired) electrons. The fourth-order valence-electron chi connectivity index (χ4n) is 3.11. The number of carbonyl (C=O) groups is 2. The van der Waals surface area contributed by atoms with Crippen LogP contribution in [0.15, 0.2) is 24.3 Å². The van der Waals surface area contributed by atoms with Gasteiger partial charge in [0.1, 0.15) is 6.04 Å². The van der Waals surface area contributed by atoms with Crippen LogP contribution < -0.4 is 10.6 Å². The van der Waals surface area contributed by atoms with Crippen LogP contribution >= 0.6 is 0 Å². The van der Waals surface area contributed by atoms with Gasteiger partial charge in [-0.2, -0.15) is 0 Å². The van der Waals surface area contributed by atoms with Crippen LogP contribution in [-0.2, 0) is 4.79 Å². The van der Waals surface area contributed by atoms with E-state index in [4.69, 9.17) is 0 Å². The Balaban J connectivity index is 1.97. The predicted octanol–water partition coefficient (Wildman–Crippen LogP) is 0.932. The van der Waals surface area contributed by atoms with Crippen LogP contribution in [-0.4, -0.2) is 60.1 Å². The second kappa shape index (κ2) is 7.97. The van der Waals surface area contributed by atoms with Gasteiger partial charge in [0.05, 0.1) is 5.60 Å². The third-order valence-corrected chi connectivity index (χ3v) is 4.63. The number of β-amino-alcohol motifs (C(OH)–C–C–N with tert-alkyl or cyclic N) is 1. The van der Waals surface area contributed by atoms with E-state index in [9.17, 15) is 14.7 Å². The average Bonchev–Trinajstić information content (AvgIpc) is 2.89. The topological polar surface area (TPSA) is 81.7 Å². The lowest BCUT2D eigenvalue weighted by Gasteiger charge is -2.26. The number of likely N-dealkylation sites (tertiary alicyclic amines) is 1. The van der Waals surface area contributed by atoms with Crippen molar-refractivity contribution in [2.24, 2.45) is 5.92 Å². The lowest BCUT2D eigenvalue weighted by atomic mass is 10.0. The van der Waals surface area contributed by atoms with Gasteiger partial charge < -0.3 is 20.6 Å². The summed E-state index contributed by atoms with van der Waals surface area (Å²) in [4.78, 5) is 27.0. The summed E-state index contributed by atoms with van der Waals surface area (Å²) in [6.45, 7) is 7.24. The van der Waals surface area contributed by atoms with Gasteiger partial charge in [0.25, 0.3) is 5.91 Å². The Hall–Kier alpha value is -1.92. The molecule has 2 rings (SSSR count). The Kier molecular flexibility index (Phi) is 6.19. The Morgan fingerprint density at radius 1 is 1.36 bits per heavy atom. The molecule has 1 aromatic carbocycles. The van der Waals surface area contributed by atoms with Crippen LogP contribution in [0, 0.1) is 12.8 Å². The van der Waals surface area contributed by atoms with Crippen molar-refractivity contribution in [3.63, 3.8) is 0 Å². The molecule has 1 saturated heterocycles. The Bertz CT molecular complexity index is 632. The number of rotatable bonds is 6. The largest absolute Gasteiger partial charge is 0.387 e. The monoisotopic (exact) mass is 347 g/mol. The van der Waals surface area contributed by atoms with Crippen molar-refractivity contribution in [3.8, 4) is 0 Å². The molecule has 0 aromatic heterocycles. The molecule has 1 heterocycles. The van der Waals surface area contributed by atoms with E-state index < -0.39 is 11.6 Å². The summed E-state index contributed by atoms with van der Waals surface area (Å²) in [5.41, 5.74) is 0.632. The molecule has 2 atom stereocenters. The fourth-order valence-corrected chi connectivity index (χ4v) is 3.11. The molecule has 2 amide bonds. The summed E-state index contributed by atoms with van der Waals surface area (Å²) in [7, 11) is 1.94. The van der Waals surface area contributed by atoms with Crippen LogP contribution in [0.2, 0.25) is 0 Å². The maximum Gasteiger partial charge on any atom is 0.251 e. The minimum absolute atomic E-state index is 0.0605. The predicted molar refractivity (Wildman–Crippen MR) is 97.3 cm³/mol. The second-order valence-electron chi connectivity index (χ2n) is 7.49. The normalized spacial score (nSPS) is 22.0. The van der Waals surface area contributed by atoms with E-state index in [1.807, 2.05) is 44.9 Å². The van der Waals surface area contributed by atoms with E-state index in [1.54, 1.807) is 12.1 Å². The molecule has 0 saturated carbocycles. The van der Waals surface area contributed by atoms with Crippen LogP contribution in [0.1, 0.15) is 36.2 Å². The summed E-state index contributed by atoms with van der Waals surface area (Å²) in [6.07, 6.45) is 0.631. The summed E-state index contributed by atoms with van der Waals surface area (Å²) in [6, 6.07) is 6.62. The first kappa shape index (κ1) is 19.4. The van der Waals surface area contributed by atoms with E-state index in [1.165, 1.54) is 0 Å². The molecular formula is C19H29N3O3. The molecule has 1 aliphatic heterocycles. The minimum Gasteiger partial charge on any atom is -0.387 e. The highest BCUT2D eigenvalue weighted by atomic mass is 16.3. The third-order valence-electron chi connectivity index (χ3n) is 4.63. The number of hydrogen-bond acceptors (Lipinski definition) is 4. The van der Waals surface area contributed by atoms with Crippen molar-refractivity contribution in [3.05, 3.63) is 35.4 Å². The van der Waals surface area contributed by atoms with Crippen LogP contribution in [0.4, 0.5) is 0 Å². The number of carbonyl (C=O) groups excluding carboxylic acids is 2. The number of hydrogen-bond donors (Lipinski definition) is 3. The average molecular weight is 347 g/mol. The first-order chi connectivity index (χ1) is 11.7. The molecule has 6 heteroatoms. The Labute approximate surface area is 149 Å². The van der Waals surface area contributed by atoms with Gasteiger partial charge in [0, 0.05) is 25.2 Å². The molecule has 138 valence electrons. The Morgan fingerprint density at radius 3 is 2.64 bits per heavy atom. The number of aryl methyl sites for hydroxylation is 1. The molecular weight excluding hydrogens is 318 g/mol. The number of nitrogens with zero attached hydrogens (tertiary/aromatic N) is 1. The molecule has 0 spiro atoms. The van der Waals surface area contributed by atoms with Gasteiger partial charge in [-0.15, -0.1) is 0 Å². The number of likely N-dealkylation sites (N-methyl/N-ethyl adjacent to an activating group) is 1. The number of amides is 2. The third kappa shape index (κ3) is 5.28. The fraction of sp³-hybridized carbons (Fsp3) is 0.579. The van der Waals surface area contributed by atoms with E-state index in [2.05, 4.69) is 10.6 Å². The van der Waals surface area contributed by atoms with Gasteiger partial charge in [0.15, 0.2) is 0 Å². The van der Waals surface area contributed by atoms with Crippen molar-refractivity contribution in [1.82, 2.24) is 15.5 Å². The maximum atomic E-state index is 12.5. The number of aliphatic hydroxyl groups is 1. The minimum atomic E-state index is -0.896. The van der Waals surface area contributed by atoms with E-state index in [-0.39, 0.29) is 24.3 Å². The maximum absolute atomic E-state index is 12.5. The SMILES string of the molecule is Cc1cccc(C(=O)NC(C(=O)NCC2(O)CCN(C)C2)C(C)C)c1. The molecule has 2 unspecified atom stereocenters. The number of nitrogens with one attached hydrogen (secondary N) is 2. The molecule has 25 heavy (non-hydrogen) atoms. The van der Waals surface area contributed by atoms with Crippen LogP contribution in [0.5, 0.6) is 0 Å². The van der Waals surface area contributed by atoms with E-state index >= 15 is 0 Å². The molecule has 1 fully saturated rings.